The summed E-state index contributed by atoms with van der Waals surface area (Å²) in [5, 5.41) is 20.6. The van der Waals surface area contributed by atoms with Gasteiger partial charge in [0, 0.05) is 0 Å². The number of unbranched alkanes of at least 4 members (excludes halogenated alkanes) is 4. The maximum Gasteiger partial charge on any atom is 0.343 e. The fourth-order valence-electron chi connectivity index (χ4n) is 2.87. The number of ether oxygens (including phenoxy) is 4. The van der Waals surface area contributed by atoms with Gasteiger partial charge in [-0.05, 0) is 25.7 Å². The quantitative estimate of drug-likeness (QED) is 0.304. The average Bonchev–Trinajstić information content (AvgIpc) is 2.73. The van der Waals surface area contributed by atoms with E-state index in [4.69, 9.17) is 18.9 Å². The predicted octanol–water partition coefficient (Wildman–Crippen LogP) is 5.81. The lowest BCUT2D eigenvalue weighted by Gasteiger charge is -2.22. The van der Waals surface area contributed by atoms with Crippen molar-refractivity contribution < 1.29 is 34.0 Å². The Morgan fingerprint density at radius 2 is 1.10 bits per heavy atom. The number of carbonyl (C=O) groups is 1. The van der Waals surface area contributed by atoms with Crippen LogP contribution in [0.5, 0.6) is 28.7 Å². The number of aromatic hydroxyl groups is 1. The van der Waals surface area contributed by atoms with Crippen LogP contribution in [0.2, 0.25) is 0 Å². The molecule has 0 aliphatic rings. The van der Waals surface area contributed by atoms with Crippen LogP contribution in [0, 0.1) is 0 Å². The molecule has 0 spiro atoms. The zero-order valence-electron chi connectivity index (χ0n) is 18.9. The molecule has 0 saturated heterocycles. The summed E-state index contributed by atoms with van der Waals surface area (Å²) in [7, 11) is 0. The van der Waals surface area contributed by atoms with Crippen molar-refractivity contribution in [3.63, 3.8) is 0 Å². The first-order valence-corrected chi connectivity index (χ1v) is 11.2. The lowest BCUT2D eigenvalue weighted by molar-refractivity contribution is 0.0685. The van der Waals surface area contributed by atoms with E-state index in [1.807, 2.05) is 20.8 Å². The van der Waals surface area contributed by atoms with Crippen molar-refractivity contribution in [1.82, 2.24) is 0 Å². The number of phenols is 1. The third-order valence-corrected chi connectivity index (χ3v) is 4.36. The first-order chi connectivity index (χ1) is 14.5. The Hall–Kier alpha value is -2.31. The van der Waals surface area contributed by atoms with Gasteiger partial charge in [0.15, 0.2) is 17.1 Å². The molecule has 0 aliphatic heterocycles. The molecule has 172 valence electrons. The molecule has 0 aliphatic carbocycles. The molecule has 1 aromatic rings. The molecule has 0 unspecified atom stereocenters. The number of carboxylic acids is 1. The summed E-state index contributed by atoms with van der Waals surface area (Å²) in [6.07, 6.45) is 7.35. The van der Waals surface area contributed by atoms with E-state index in [1.165, 1.54) is 0 Å². The lowest BCUT2D eigenvalue weighted by atomic mass is 10.1. The molecule has 0 fully saturated rings. The third kappa shape index (κ3) is 7.50. The van der Waals surface area contributed by atoms with Gasteiger partial charge in [0.25, 0.3) is 0 Å². The smallest absolute Gasteiger partial charge is 0.343 e. The summed E-state index contributed by atoms with van der Waals surface area (Å²) >= 11 is 0. The van der Waals surface area contributed by atoms with E-state index in [0.29, 0.717) is 26.2 Å². The van der Waals surface area contributed by atoms with Crippen molar-refractivity contribution in [2.24, 2.45) is 0 Å². The van der Waals surface area contributed by atoms with E-state index in [-0.39, 0.29) is 35.2 Å². The monoisotopic (exact) mass is 426 g/mol. The normalized spacial score (nSPS) is 10.7. The number of hydrogen-bond acceptors (Lipinski definition) is 6. The molecule has 0 amide bonds. The highest BCUT2D eigenvalue weighted by Crippen LogP contribution is 2.53. The molecular weight excluding hydrogens is 388 g/mol. The van der Waals surface area contributed by atoms with Gasteiger partial charge in [0.05, 0.1) is 26.4 Å². The molecule has 7 nitrogen and oxygen atoms in total. The van der Waals surface area contributed by atoms with Crippen LogP contribution >= 0.6 is 0 Å². The highest BCUT2D eigenvalue weighted by molar-refractivity contribution is 5.97. The maximum atomic E-state index is 12.0. The van der Waals surface area contributed by atoms with Crippen molar-refractivity contribution in [2.45, 2.75) is 79.1 Å². The van der Waals surface area contributed by atoms with Crippen LogP contribution in [0.3, 0.4) is 0 Å². The Morgan fingerprint density at radius 3 is 1.60 bits per heavy atom. The van der Waals surface area contributed by atoms with Crippen LogP contribution in [-0.4, -0.2) is 42.6 Å². The third-order valence-electron chi connectivity index (χ3n) is 4.36. The first kappa shape index (κ1) is 25.7. The van der Waals surface area contributed by atoms with E-state index in [1.54, 1.807) is 0 Å². The van der Waals surface area contributed by atoms with Crippen molar-refractivity contribution in [1.29, 1.82) is 0 Å². The minimum absolute atomic E-state index is 0.00583. The fraction of sp³-hybridized carbons (Fsp3) is 0.696. The highest BCUT2D eigenvalue weighted by atomic mass is 16.6. The zero-order chi connectivity index (χ0) is 22.4. The standard InChI is InChI=1S/C23H38O7/c1-5-9-10-11-12-16-30-20-18(24)17(23(25)26)19(27-13-6-2)21(28-14-7-3)22(20)29-15-8-4/h24H,5-16H2,1-4H3,(H,25,26). The molecule has 0 atom stereocenters. The second kappa shape index (κ2) is 14.6. The Labute approximate surface area is 180 Å². The van der Waals surface area contributed by atoms with Gasteiger partial charge in [0.2, 0.25) is 17.2 Å². The van der Waals surface area contributed by atoms with Gasteiger partial charge in [-0.25, -0.2) is 4.79 Å². The summed E-state index contributed by atoms with van der Waals surface area (Å²) in [5.74, 6) is -1.43. The van der Waals surface area contributed by atoms with E-state index >= 15 is 0 Å². The molecule has 0 bridgehead atoms. The largest absolute Gasteiger partial charge is 0.503 e. The van der Waals surface area contributed by atoms with E-state index < -0.39 is 11.7 Å². The minimum Gasteiger partial charge on any atom is -0.503 e. The SMILES string of the molecule is CCCCCCCOc1c(O)c(C(=O)O)c(OCCC)c(OCCC)c1OCCC. The summed E-state index contributed by atoms with van der Waals surface area (Å²) in [5.41, 5.74) is -0.362. The number of aromatic carboxylic acids is 1. The Morgan fingerprint density at radius 1 is 0.633 bits per heavy atom. The summed E-state index contributed by atoms with van der Waals surface area (Å²) in [6, 6.07) is 0. The average molecular weight is 427 g/mol. The van der Waals surface area contributed by atoms with Gasteiger partial charge in [-0.1, -0.05) is 53.4 Å². The number of benzene rings is 1. The van der Waals surface area contributed by atoms with Crippen LogP contribution in [-0.2, 0) is 0 Å². The number of hydrogen-bond donors (Lipinski definition) is 2. The van der Waals surface area contributed by atoms with Crippen LogP contribution in [0.4, 0.5) is 0 Å². The van der Waals surface area contributed by atoms with Crippen LogP contribution in [0.1, 0.15) is 89.4 Å². The summed E-state index contributed by atoms with van der Waals surface area (Å²) in [6.45, 7) is 9.33. The molecule has 1 aromatic carbocycles. The Balaban J connectivity index is 3.39. The molecule has 0 heterocycles. The van der Waals surface area contributed by atoms with Crippen molar-refractivity contribution in [3.05, 3.63) is 5.56 Å². The highest BCUT2D eigenvalue weighted by Gasteiger charge is 2.32. The fourth-order valence-corrected chi connectivity index (χ4v) is 2.87. The van der Waals surface area contributed by atoms with Gasteiger partial charge in [-0.2, -0.15) is 0 Å². The maximum absolute atomic E-state index is 12.0. The molecule has 0 saturated carbocycles. The van der Waals surface area contributed by atoms with Crippen molar-refractivity contribution >= 4 is 5.97 Å². The molecule has 30 heavy (non-hydrogen) atoms. The van der Waals surface area contributed by atoms with Gasteiger partial charge < -0.3 is 29.2 Å². The molecule has 2 N–H and O–H groups in total. The van der Waals surface area contributed by atoms with Gasteiger partial charge in [-0.15, -0.1) is 0 Å². The Kier molecular flexibility index (Phi) is 12.6. The number of rotatable bonds is 17. The zero-order valence-corrected chi connectivity index (χ0v) is 18.9. The summed E-state index contributed by atoms with van der Waals surface area (Å²) < 4.78 is 23.3. The van der Waals surface area contributed by atoms with Gasteiger partial charge >= 0.3 is 5.97 Å². The second-order valence-electron chi connectivity index (χ2n) is 7.15. The molecule has 7 heteroatoms. The molecule has 0 aromatic heterocycles. The van der Waals surface area contributed by atoms with Gasteiger partial charge in [0.1, 0.15) is 0 Å². The van der Waals surface area contributed by atoms with Crippen LogP contribution in [0.25, 0.3) is 0 Å². The van der Waals surface area contributed by atoms with Crippen molar-refractivity contribution in [2.75, 3.05) is 26.4 Å². The van der Waals surface area contributed by atoms with Crippen molar-refractivity contribution in [3.8, 4) is 28.7 Å². The predicted molar refractivity (Wildman–Crippen MR) is 117 cm³/mol. The second-order valence-corrected chi connectivity index (χ2v) is 7.15. The summed E-state index contributed by atoms with van der Waals surface area (Å²) in [4.78, 5) is 12.0. The van der Waals surface area contributed by atoms with Gasteiger partial charge in [-0.3, -0.25) is 0 Å². The van der Waals surface area contributed by atoms with Crippen LogP contribution < -0.4 is 18.9 Å². The van der Waals surface area contributed by atoms with E-state index in [0.717, 1.165) is 44.9 Å². The van der Waals surface area contributed by atoms with E-state index in [9.17, 15) is 15.0 Å². The Bertz CT molecular complexity index is 643. The lowest BCUT2D eigenvalue weighted by Crippen LogP contribution is -2.12. The first-order valence-electron chi connectivity index (χ1n) is 11.2. The molecule has 0 radical (unpaired) electrons. The number of carboxylic acid groups (broad SMARTS) is 1. The topological polar surface area (TPSA) is 94.5 Å². The molecule has 1 rings (SSSR count). The minimum atomic E-state index is -1.31. The molecular formula is C23H38O7. The van der Waals surface area contributed by atoms with Crippen LogP contribution in [0.15, 0.2) is 0 Å². The van der Waals surface area contributed by atoms with E-state index in [2.05, 4.69) is 6.92 Å².